The van der Waals surface area contributed by atoms with Crippen molar-refractivity contribution >= 4 is 21.6 Å². The molecule has 0 spiro atoms. The number of carbonyl (C=O) groups excluding carboxylic acids is 1. The number of aryl methyl sites for hydroxylation is 1. The number of amides is 1. The Kier molecular flexibility index (Phi) is 7.51. The van der Waals surface area contributed by atoms with Crippen molar-refractivity contribution < 1.29 is 17.9 Å². The quantitative estimate of drug-likeness (QED) is 0.507. The third-order valence-electron chi connectivity index (χ3n) is 3.78. The summed E-state index contributed by atoms with van der Waals surface area (Å²) in [5, 5.41) is 4.00. The van der Waals surface area contributed by atoms with Gasteiger partial charge in [0.15, 0.2) is 0 Å². The highest BCUT2D eigenvalue weighted by Crippen LogP contribution is 2.12. The smallest absolute Gasteiger partial charge is 0.255 e. The van der Waals surface area contributed by atoms with Gasteiger partial charge in [-0.2, -0.15) is 5.10 Å². The van der Waals surface area contributed by atoms with E-state index >= 15 is 0 Å². The Balaban J connectivity index is 1.77. The summed E-state index contributed by atoms with van der Waals surface area (Å²) in [6.07, 6.45) is 1.44. The number of hydrazone groups is 1. The van der Waals surface area contributed by atoms with Gasteiger partial charge in [0.05, 0.1) is 18.6 Å². The van der Waals surface area contributed by atoms with Crippen LogP contribution < -0.4 is 14.9 Å². The van der Waals surface area contributed by atoms with E-state index in [1.165, 1.54) is 12.1 Å². The predicted octanol–water partition coefficient (Wildman–Crippen LogP) is 2.10. The zero-order valence-electron chi connectivity index (χ0n) is 15.3. The molecule has 0 unspecified atom stereocenters. The summed E-state index contributed by atoms with van der Waals surface area (Å²) in [5.74, 6) is 0.271. The predicted molar refractivity (Wildman–Crippen MR) is 104 cm³/mol. The van der Waals surface area contributed by atoms with Crippen molar-refractivity contribution in [3.05, 3.63) is 60.2 Å². The maximum Gasteiger partial charge on any atom is 0.255 e. The van der Waals surface area contributed by atoms with Gasteiger partial charge in [-0.1, -0.05) is 30.3 Å². The van der Waals surface area contributed by atoms with Gasteiger partial charge in [-0.3, -0.25) is 4.79 Å². The van der Waals surface area contributed by atoms with Gasteiger partial charge in [-0.15, -0.1) is 0 Å². The molecule has 8 heteroatoms. The van der Waals surface area contributed by atoms with Crippen molar-refractivity contribution in [3.63, 3.8) is 0 Å². The minimum Gasteiger partial charge on any atom is -0.497 e. The standard InChI is InChI=1S/C19H23N3O4S/c1-15(8-9-16-10-12-17(26-2)13-11-16)21-22-19(23)14-20-27(24,25)18-6-4-3-5-7-18/h3-7,10-13,20H,8-9,14H2,1-2H3,(H,22,23)/b21-15-. The first-order chi connectivity index (χ1) is 12.9. The van der Waals surface area contributed by atoms with Crippen molar-refractivity contribution in [2.45, 2.75) is 24.7 Å². The molecule has 2 aromatic rings. The number of hydrogen-bond donors (Lipinski definition) is 2. The molecular formula is C19H23N3O4S. The van der Waals surface area contributed by atoms with Crippen LogP contribution in [0.3, 0.4) is 0 Å². The second-order valence-corrected chi connectivity index (χ2v) is 7.63. The maximum atomic E-state index is 12.0. The molecule has 27 heavy (non-hydrogen) atoms. The average molecular weight is 389 g/mol. The molecule has 2 rings (SSSR count). The molecule has 0 bridgehead atoms. The van der Waals surface area contributed by atoms with E-state index in [1.54, 1.807) is 32.2 Å². The van der Waals surface area contributed by atoms with Crippen LogP contribution in [-0.2, 0) is 21.2 Å². The first-order valence-corrected chi connectivity index (χ1v) is 9.88. The van der Waals surface area contributed by atoms with Crippen LogP contribution in [0.4, 0.5) is 0 Å². The van der Waals surface area contributed by atoms with Crippen molar-refractivity contribution in [2.24, 2.45) is 5.10 Å². The van der Waals surface area contributed by atoms with Crippen LogP contribution in [-0.4, -0.2) is 33.7 Å². The van der Waals surface area contributed by atoms with Crippen LogP contribution >= 0.6 is 0 Å². The van der Waals surface area contributed by atoms with Crippen LogP contribution in [0, 0.1) is 0 Å². The third kappa shape index (κ3) is 6.84. The third-order valence-corrected chi connectivity index (χ3v) is 5.20. The molecule has 1 amide bonds. The number of nitrogens with one attached hydrogen (secondary N) is 2. The highest BCUT2D eigenvalue weighted by Gasteiger charge is 2.14. The summed E-state index contributed by atoms with van der Waals surface area (Å²) < 4.78 is 31.4. The first kappa shape index (κ1) is 20.6. The fourth-order valence-electron chi connectivity index (χ4n) is 2.21. The Hall–Kier alpha value is -2.71. The number of sulfonamides is 1. The number of benzene rings is 2. The van der Waals surface area contributed by atoms with E-state index in [1.807, 2.05) is 24.3 Å². The Bertz CT molecular complexity index is 879. The minimum atomic E-state index is -3.72. The summed E-state index contributed by atoms with van der Waals surface area (Å²) in [6.45, 7) is 1.42. The van der Waals surface area contributed by atoms with Crippen molar-refractivity contribution in [1.82, 2.24) is 10.1 Å². The lowest BCUT2D eigenvalue weighted by atomic mass is 10.1. The van der Waals surface area contributed by atoms with E-state index < -0.39 is 15.9 Å². The highest BCUT2D eigenvalue weighted by atomic mass is 32.2. The van der Waals surface area contributed by atoms with Gasteiger partial charge in [0.25, 0.3) is 5.91 Å². The van der Waals surface area contributed by atoms with Crippen molar-refractivity contribution in [3.8, 4) is 5.75 Å². The summed E-state index contributed by atoms with van der Waals surface area (Å²) >= 11 is 0. The van der Waals surface area contributed by atoms with E-state index in [4.69, 9.17) is 4.74 Å². The molecule has 7 nitrogen and oxygen atoms in total. The molecule has 0 atom stereocenters. The van der Waals surface area contributed by atoms with Gasteiger partial charge < -0.3 is 4.74 Å². The second kappa shape index (κ2) is 9.84. The lowest BCUT2D eigenvalue weighted by molar-refractivity contribution is -0.119. The fraction of sp³-hybridized carbons (Fsp3) is 0.263. The van der Waals surface area contributed by atoms with Crippen LogP contribution in [0.15, 0.2) is 64.6 Å². The minimum absolute atomic E-state index is 0.108. The summed E-state index contributed by atoms with van der Waals surface area (Å²) in [4.78, 5) is 11.9. The highest BCUT2D eigenvalue weighted by molar-refractivity contribution is 7.89. The summed E-state index contributed by atoms with van der Waals surface area (Å²) in [6, 6.07) is 15.6. The lowest BCUT2D eigenvalue weighted by Gasteiger charge is -2.06. The van der Waals surface area contributed by atoms with Gasteiger partial charge in [-0.05, 0) is 49.6 Å². The Morgan fingerprint density at radius 3 is 2.37 bits per heavy atom. The van der Waals surface area contributed by atoms with Crippen LogP contribution in [0.1, 0.15) is 18.9 Å². The summed E-state index contributed by atoms with van der Waals surface area (Å²) in [5.41, 5.74) is 4.24. The molecule has 0 aliphatic carbocycles. The van der Waals surface area contributed by atoms with Gasteiger partial charge >= 0.3 is 0 Å². The van der Waals surface area contributed by atoms with Gasteiger partial charge in [-0.25, -0.2) is 18.6 Å². The number of ether oxygens (including phenoxy) is 1. The molecular weight excluding hydrogens is 366 g/mol. The number of carbonyl (C=O) groups is 1. The molecule has 0 aliphatic rings. The Morgan fingerprint density at radius 2 is 1.74 bits per heavy atom. The van der Waals surface area contributed by atoms with E-state index in [-0.39, 0.29) is 11.4 Å². The summed E-state index contributed by atoms with van der Waals surface area (Å²) in [7, 11) is -2.10. The molecule has 2 aromatic carbocycles. The number of hydrogen-bond acceptors (Lipinski definition) is 5. The van der Waals surface area contributed by atoms with Gasteiger partial charge in [0.2, 0.25) is 10.0 Å². The monoisotopic (exact) mass is 389 g/mol. The maximum absolute atomic E-state index is 12.0. The average Bonchev–Trinajstić information content (AvgIpc) is 2.70. The Labute approximate surface area is 159 Å². The molecule has 0 fully saturated rings. The molecule has 0 aliphatic heterocycles. The number of methoxy groups -OCH3 is 1. The fourth-order valence-corrected chi connectivity index (χ4v) is 3.22. The first-order valence-electron chi connectivity index (χ1n) is 8.40. The van der Waals surface area contributed by atoms with Gasteiger partial charge in [0, 0.05) is 5.71 Å². The van der Waals surface area contributed by atoms with Crippen molar-refractivity contribution in [1.29, 1.82) is 0 Å². The van der Waals surface area contributed by atoms with E-state index in [0.717, 1.165) is 23.4 Å². The molecule has 2 N–H and O–H groups in total. The topological polar surface area (TPSA) is 96.9 Å². The molecule has 0 heterocycles. The molecule has 0 aromatic heterocycles. The molecule has 0 radical (unpaired) electrons. The number of nitrogens with zero attached hydrogens (tertiary/aromatic N) is 1. The lowest BCUT2D eigenvalue weighted by Crippen LogP contribution is -2.35. The molecule has 0 saturated carbocycles. The normalized spacial score (nSPS) is 11.9. The van der Waals surface area contributed by atoms with E-state index in [0.29, 0.717) is 6.42 Å². The van der Waals surface area contributed by atoms with E-state index in [2.05, 4.69) is 15.2 Å². The largest absolute Gasteiger partial charge is 0.497 e. The molecule has 144 valence electrons. The zero-order chi connectivity index (χ0) is 19.7. The Morgan fingerprint density at radius 1 is 1.07 bits per heavy atom. The zero-order valence-corrected chi connectivity index (χ0v) is 16.1. The number of rotatable bonds is 9. The van der Waals surface area contributed by atoms with Crippen molar-refractivity contribution in [2.75, 3.05) is 13.7 Å². The second-order valence-electron chi connectivity index (χ2n) is 5.87. The molecule has 0 saturated heterocycles. The SMILES string of the molecule is COc1ccc(CC/C(C)=N\NC(=O)CNS(=O)(=O)c2ccccc2)cc1. The van der Waals surface area contributed by atoms with Crippen LogP contribution in [0.2, 0.25) is 0 Å². The van der Waals surface area contributed by atoms with Crippen LogP contribution in [0.25, 0.3) is 0 Å². The van der Waals surface area contributed by atoms with E-state index in [9.17, 15) is 13.2 Å². The van der Waals surface area contributed by atoms with Gasteiger partial charge in [0.1, 0.15) is 5.75 Å². The van der Waals surface area contributed by atoms with Crippen LogP contribution in [0.5, 0.6) is 5.75 Å².